The first-order valence-electron chi connectivity index (χ1n) is 4.45. The summed E-state index contributed by atoms with van der Waals surface area (Å²) < 4.78 is 0. The highest BCUT2D eigenvalue weighted by molar-refractivity contribution is 5.21. The van der Waals surface area contributed by atoms with E-state index < -0.39 is 0 Å². The van der Waals surface area contributed by atoms with Crippen LogP contribution in [-0.4, -0.2) is 6.54 Å². The zero-order valence-electron chi connectivity index (χ0n) is 7.43. The fraction of sp³-hybridized carbons (Fsp3) is 0.600. The van der Waals surface area contributed by atoms with Crippen molar-refractivity contribution in [2.24, 2.45) is 5.92 Å². The predicted molar refractivity (Wildman–Crippen MR) is 49.3 cm³/mol. The molecule has 1 heteroatoms. The van der Waals surface area contributed by atoms with Gasteiger partial charge in [-0.1, -0.05) is 26.0 Å². The van der Waals surface area contributed by atoms with Gasteiger partial charge in [0.15, 0.2) is 0 Å². The molecule has 0 saturated heterocycles. The Morgan fingerprint density at radius 3 is 3.00 bits per heavy atom. The largest absolute Gasteiger partial charge is 0.385 e. The lowest BCUT2D eigenvalue weighted by Crippen LogP contribution is -2.14. The van der Waals surface area contributed by atoms with Crippen LogP contribution < -0.4 is 5.32 Å². The van der Waals surface area contributed by atoms with Crippen molar-refractivity contribution in [1.29, 1.82) is 0 Å². The molecule has 1 nitrogen and oxygen atoms in total. The molecule has 11 heavy (non-hydrogen) atoms. The molecule has 0 unspecified atom stereocenters. The van der Waals surface area contributed by atoms with Crippen LogP contribution in [0.3, 0.4) is 0 Å². The van der Waals surface area contributed by atoms with E-state index >= 15 is 0 Å². The molecule has 1 rings (SSSR count). The highest BCUT2D eigenvalue weighted by atomic mass is 14.9. The van der Waals surface area contributed by atoms with Gasteiger partial charge < -0.3 is 5.32 Å². The number of allylic oxidation sites excluding steroid dienone is 3. The van der Waals surface area contributed by atoms with Gasteiger partial charge in [0.25, 0.3) is 0 Å². The molecule has 1 aliphatic carbocycles. The Bertz CT molecular complexity index is 168. The molecule has 0 spiro atoms. The van der Waals surface area contributed by atoms with Crippen molar-refractivity contribution in [2.75, 3.05) is 6.54 Å². The van der Waals surface area contributed by atoms with Crippen molar-refractivity contribution in [1.82, 2.24) is 5.32 Å². The third-order valence-electron chi connectivity index (χ3n) is 1.89. The van der Waals surface area contributed by atoms with Gasteiger partial charge in [-0.25, -0.2) is 0 Å². The smallest absolute Gasteiger partial charge is 0.0296 e. The summed E-state index contributed by atoms with van der Waals surface area (Å²) in [5, 5.41) is 3.37. The molecule has 0 aromatic rings. The normalized spacial score (nSPS) is 23.1. The first kappa shape index (κ1) is 8.38. The van der Waals surface area contributed by atoms with Gasteiger partial charge in [-0.2, -0.15) is 0 Å². The molecule has 1 aliphatic rings. The maximum Gasteiger partial charge on any atom is 0.0296 e. The van der Waals surface area contributed by atoms with E-state index in [0.717, 1.165) is 12.5 Å². The Morgan fingerprint density at radius 2 is 2.45 bits per heavy atom. The fourth-order valence-corrected chi connectivity index (χ4v) is 1.13. The van der Waals surface area contributed by atoms with Crippen LogP contribution in [0.1, 0.15) is 26.7 Å². The molecule has 1 N–H and O–H groups in total. The third kappa shape index (κ3) is 2.79. The topological polar surface area (TPSA) is 12.0 Å². The number of hydrogen-bond acceptors (Lipinski definition) is 1. The van der Waals surface area contributed by atoms with Crippen molar-refractivity contribution in [3.8, 4) is 0 Å². The molecule has 0 radical (unpaired) electrons. The van der Waals surface area contributed by atoms with E-state index in [1.165, 1.54) is 18.5 Å². The van der Waals surface area contributed by atoms with E-state index in [-0.39, 0.29) is 0 Å². The summed E-state index contributed by atoms with van der Waals surface area (Å²) in [6.07, 6.45) is 9.10. The minimum Gasteiger partial charge on any atom is -0.385 e. The minimum atomic E-state index is 0.724. The highest BCUT2D eigenvalue weighted by Crippen LogP contribution is 2.13. The van der Waals surface area contributed by atoms with Gasteiger partial charge in [-0.3, -0.25) is 0 Å². The second-order valence-corrected chi connectivity index (χ2v) is 3.16. The fourth-order valence-electron chi connectivity index (χ4n) is 1.13. The number of rotatable bonds is 3. The second-order valence-electron chi connectivity index (χ2n) is 3.16. The quantitative estimate of drug-likeness (QED) is 0.653. The van der Waals surface area contributed by atoms with Crippen LogP contribution in [0.15, 0.2) is 23.9 Å². The van der Waals surface area contributed by atoms with Crippen molar-refractivity contribution >= 4 is 0 Å². The molecular formula is C10H17N. The van der Waals surface area contributed by atoms with Gasteiger partial charge in [0.2, 0.25) is 0 Å². The van der Waals surface area contributed by atoms with E-state index in [9.17, 15) is 0 Å². The SMILES string of the molecule is CCCNC1=CC[C@@H](C)C=C1. The Kier molecular flexibility index (Phi) is 3.21. The van der Waals surface area contributed by atoms with Gasteiger partial charge in [0, 0.05) is 12.2 Å². The Morgan fingerprint density at radius 1 is 1.64 bits per heavy atom. The molecule has 0 bridgehead atoms. The van der Waals surface area contributed by atoms with Crippen LogP contribution >= 0.6 is 0 Å². The van der Waals surface area contributed by atoms with Crippen molar-refractivity contribution in [3.05, 3.63) is 23.9 Å². The van der Waals surface area contributed by atoms with Gasteiger partial charge in [0.1, 0.15) is 0 Å². The van der Waals surface area contributed by atoms with Gasteiger partial charge >= 0.3 is 0 Å². The maximum atomic E-state index is 3.37. The first-order chi connectivity index (χ1) is 5.33. The lowest BCUT2D eigenvalue weighted by molar-refractivity contribution is 0.704. The van der Waals surface area contributed by atoms with Crippen LogP contribution in [0.4, 0.5) is 0 Å². The molecule has 1 atom stereocenters. The highest BCUT2D eigenvalue weighted by Gasteiger charge is 2.01. The molecule has 0 amide bonds. The zero-order valence-corrected chi connectivity index (χ0v) is 7.43. The van der Waals surface area contributed by atoms with Crippen molar-refractivity contribution in [2.45, 2.75) is 26.7 Å². The summed E-state index contributed by atoms with van der Waals surface area (Å²) in [5.74, 6) is 0.724. The van der Waals surface area contributed by atoms with Gasteiger partial charge in [-0.05, 0) is 24.8 Å². The molecule has 0 aromatic carbocycles. The summed E-state index contributed by atoms with van der Waals surface area (Å²) in [4.78, 5) is 0. The molecule has 62 valence electrons. The van der Waals surface area contributed by atoms with Gasteiger partial charge in [0.05, 0.1) is 0 Å². The van der Waals surface area contributed by atoms with Crippen LogP contribution in [0, 0.1) is 5.92 Å². The van der Waals surface area contributed by atoms with Gasteiger partial charge in [-0.15, -0.1) is 0 Å². The molecule has 0 aliphatic heterocycles. The summed E-state index contributed by atoms with van der Waals surface area (Å²) in [6.45, 7) is 5.51. The average Bonchev–Trinajstić information content (AvgIpc) is 2.04. The summed E-state index contributed by atoms with van der Waals surface area (Å²) >= 11 is 0. The first-order valence-corrected chi connectivity index (χ1v) is 4.45. The summed E-state index contributed by atoms with van der Waals surface area (Å²) in [6, 6.07) is 0. The van der Waals surface area contributed by atoms with Crippen molar-refractivity contribution in [3.63, 3.8) is 0 Å². The molecule has 0 aromatic heterocycles. The third-order valence-corrected chi connectivity index (χ3v) is 1.89. The Hall–Kier alpha value is -0.720. The second kappa shape index (κ2) is 4.22. The molecule has 0 heterocycles. The lowest BCUT2D eigenvalue weighted by Gasteiger charge is -2.12. The van der Waals surface area contributed by atoms with Crippen LogP contribution in [0.25, 0.3) is 0 Å². The minimum absolute atomic E-state index is 0.724. The van der Waals surface area contributed by atoms with E-state index in [4.69, 9.17) is 0 Å². The number of nitrogens with one attached hydrogen (secondary N) is 1. The summed E-state index contributed by atoms with van der Waals surface area (Å²) in [5.41, 5.74) is 1.30. The van der Waals surface area contributed by atoms with Crippen LogP contribution in [-0.2, 0) is 0 Å². The van der Waals surface area contributed by atoms with Crippen LogP contribution in [0.5, 0.6) is 0 Å². The lowest BCUT2D eigenvalue weighted by atomic mass is 10.0. The monoisotopic (exact) mass is 151 g/mol. The van der Waals surface area contributed by atoms with E-state index in [1.54, 1.807) is 0 Å². The molecule has 0 fully saturated rings. The number of hydrogen-bond donors (Lipinski definition) is 1. The Balaban J connectivity index is 2.31. The maximum absolute atomic E-state index is 3.37. The van der Waals surface area contributed by atoms with E-state index in [0.29, 0.717) is 0 Å². The molecule has 0 saturated carbocycles. The zero-order chi connectivity index (χ0) is 8.10. The molecular weight excluding hydrogens is 134 g/mol. The van der Waals surface area contributed by atoms with E-state index in [1.807, 2.05) is 0 Å². The van der Waals surface area contributed by atoms with E-state index in [2.05, 4.69) is 37.4 Å². The van der Waals surface area contributed by atoms with Crippen molar-refractivity contribution < 1.29 is 0 Å². The summed E-state index contributed by atoms with van der Waals surface area (Å²) in [7, 11) is 0. The predicted octanol–water partition coefficient (Wildman–Crippen LogP) is 2.47. The van der Waals surface area contributed by atoms with Crippen LogP contribution in [0.2, 0.25) is 0 Å². The standard InChI is InChI=1S/C10H17N/c1-3-8-11-10-6-4-9(2)5-7-10/h4,6-7,9,11H,3,5,8H2,1-2H3/t9-/m0/s1. The average molecular weight is 151 g/mol. The Labute approximate surface area is 69.2 Å².